The molecule has 1 unspecified atom stereocenters. The molecule has 1 aromatic heterocycles. The second-order valence-electron chi connectivity index (χ2n) is 7.05. The van der Waals surface area contributed by atoms with E-state index in [-0.39, 0.29) is 24.3 Å². The Balaban J connectivity index is 1.82. The molecule has 25 heavy (non-hydrogen) atoms. The second-order valence-corrected chi connectivity index (χ2v) is 7.05. The number of hydrogen-bond acceptors (Lipinski definition) is 8. The number of aliphatic hydroxyl groups is 3. The topological polar surface area (TPSA) is 147 Å². The van der Waals surface area contributed by atoms with Crippen molar-refractivity contribution in [3.05, 3.63) is 16.2 Å². The van der Waals surface area contributed by atoms with E-state index in [1.807, 2.05) is 0 Å². The van der Waals surface area contributed by atoms with Crippen LogP contribution in [-0.2, 0) is 11.3 Å². The zero-order chi connectivity index (χ0) is 17.9. The van der Waals surface area contributed by atoms with Gasteiger partial charge in [0.2, 0.25) is 0 Å². The number of guanidine groups is 1. The van der Waals surface area contributed by atoms with Crippen LogP contribution in [0.15, 0.2) is 9.79 Å². The highest BCUT2D eigenvalue weighted by atomic mass is 16.5. The van der Waals surface area contributed by atoms with Crippen LogP contribution in [0.5, 0.6) is 0 Å². The Kier molecular flexibility index (Phi) is 3.87. The molecule has 0 bridgehead atoms. The summed E-state index contributed by atoms with van der Waals surface area (Å²) in [5.41, 5.74) is 5.63. The summed E-state index contributed by atoms with van der Waals surface area (Å²) in [5.74, 6) is 0.313. The quantitative estimate of drug-likeness (QED) is 0.451. The first-order valence-electron chi connectivity index (χ1n) is 8.50. The fraction of sp³-hybridized carbons (Fsp3) is 0.733. The van der Waals surface area contributed by atoms with Gasteiger partial charge in [-0.15, -0.1) is 0 Å². The standard InChI is InChI=1S/C15H23N5O5/c1-6-8(5-21)25-13(10(6)22)20-11-9(12(23)18-14(16)17-11)19(15(20)24)4-7-2-3-7/h6-8,10,12-13,21-23H,2-5H2,1H3,(H3,16,17,18)/t6-,8+,10+,12?,13+/m0/s1. The van der Waals surface area contributed by atoms with E-state index in [9.17, 15) is 20.1 Å². The number of nitrogens with two attached hydrogens (primary N) is 1. The number of anilines is 1. The molecule has 6 N–H and O–H groups in total. The van der Waals surface area contributed by atoms with Gasteiger partial charge in [0.1, 0.15) is 17.6 Å². The third-order valence-electron chi connectivity index (χ3n) is 5.27. The number of rotatable bonds is 4. The molecule has 3 aliphatic rings. The lowest BCUT2D eigenvalue weighted by Crippen LogP contribution is -2.35. The minimum atomic E-state index is -1.26. The van der Waals surface area contributed by atoms with Crippen molar-refractivity contribution in [3.8, 4) is 0 Å². The molecule has 10 nitrogen and oxygen atoms in total. The summed E-state index contributed by atoms with van der Waals surface area (Å²) in [7, 11) is 0. The SMILES string of the molecule is C[C@@H]1[C@@H](O)[C@H](n2c3c(n(CC4CC4)c2=O)C(O)N=C(N)N3)O[C@@H]1CO. The van der Waals surface area contributed by atoms with Crippen molar-refractivity contribution in [2.24, 2.45) is 22.6 Å². The van der Waals surface area contributed by atoms with Gasteiger partial charge in [-0.25, -0.2) is 14.4 Å². The molecule has 0 spiro atoms. The molecule has 4 rings (SSSR count). The van der Waals surface area contributed by atoms with Crippen molar-refractivity contribution in [1.82, 2.24) is 9.13 Å². The Hall–Kier alpha value is -1.88. The summed E-state index contributed by atoms with van der Waals surface area (Å²) < 4.78 is 8.48. The van der Waals surface area contributed by atoms with Crippen molar-refractivity contribution in [2.45, 2.75) is 51.0 Å². The Bertz CT molecular complexity index is 767. The van der Waals surface area contributed by atoms with Gasteiger partial charge in [-0.1, -0.05) is 6.92 Å². The molecule has 10 heteroatoms. The summed E-state index contributed by atoms with van der Waals surface area (Å²) >= 11 is 0. The fourth-order valence-corrected chi connectivity index (χ4v) is 3.57. The average molecular weight is 353 g/mol. The number of nitrogens with one attached hydrogen (secondary N) is 1. The zero-order valence-electron chi connectivity index (χ0n) is 13.9. The molecule has 2 aliphatic heterocycles. The van der Waals surface area contributed by atoms with Gasteiger partial charge in [0.15, 0.2) is 18.4 Å². The lowest BCUT2D eigenvalue weighted by Gasteiger charge is -2.22. The van der Waals surface area contributed by atoms with E-state index >= 15 is 0 Å². The van der Waals surface area contributed by atoms with E-state index in [0.29, 0.717) is 18.2 Å². The van der Waals surface area contributed by atoms with Gasteiger partial charge in [0, 0.05) is 12.5 Å². The van der Waals surface area contributed by atoms with E-state index in [0.717, 1.165) is 12.8 Å². The molecule has 0 radical (unpaired) electrons. The highest BCUT2D eigenvalue weighted by molar-refractivity contribution is 5.93. The van der Waals surface area contributed by atoms with Crippen LogP contribution in [0, 0.1) is 11.8 Å². The van der Waals surface area contributed by atoms with Crippen LogP contribution >= 0.6 is 0 Å². The van der Waals surface area contributed by atoms with E-state index in [1.54, 1.807) is 6.92 Å². The van der Waals surface area contributed by atoms with E-state index in [4.69, 9.17) is 10.5 Å². The normalized spacial score (nSPS) is 34.6. The third-order valence-corrected chi connectivity index (χ3v) is 5.27. The number of ether oxygens (including phenoxy) is 1. The highest BCUT2D eigenvalue weighted by Gasteiger charge is 2.45. The number of imidazole rings is 1. The molecule has 0 aromatic carbocycles. The monoisotopic (exact) mass is 353 g/mol. The maximum atomic E-state index is 13.0. The molecule has 1 aromatic rings. The predicted molar refractivity (Wildman–Crippen MR) is 87.8 cm³/mol. The first-order valence-corrected chi connectivity index (χ1v) is 8.50. The molecule has 1 saturated carbocycles. The van der Waals surface area contributed by atoms with Crippen molar-refractivity contribution >= 4 is 11.8 Å². The number of fused-ring (bicyclic) bond motifs is 1. The predicted octanol–water partition coefficient (Wildman–Crippen LogP) is -1.32. The zero-order valence-corrected chi connectivity index (χ0v) is 13.9. The van der Waals surface area contributed by atoms with Crippen LogP contribution in [-0.4, -0.2) is 49.2 Å². The van der Waals surface area contributed by atoms with Gasteiger partial charge >= 0.3 is 5.69 Å². The molecule has 1 aliphatic carbocycles. The van der Waals surface area contributed by atoms with Gasteiger partial charge in [0.25, 0.3) is 0 Å². The summed E-state index contributed by atoms with van der Waals surface area (Å²) in [6.45, 7) is 1.97. The van der Waals surface area contributed by atoms with E-state index in [1.165, 1.54) is 9.13 Å². The molecule has 1 saturated heterocycles. The van der Waals surface area contributed by atoms with E-state index < -0.39 is 30.4 Å². The smallest absolute Gasteiger partial charge is 0.332 e. The summed E-state index contributed by atoms with van der Waals surface area (Å²) in [5, 5.41) is 33.1. The van der Waals surface area contributed by atoms with Gasteiger partial charge in [0.05, 0.1) is 12.7 Å². The minimum absolute atomic E-state index is 0.0171. The van der Waals surface area contributed by atoms with Crippen molar-refractivity contribution in [2.75, 3.05) is 11.9 Å². The number of aromatic nitrogens is 2. The Morgan fingerprint density at radius 3 is 2.72 bits per heavy atom. The lowest BCUT2D eigenvalue weighted by molar-refractivity contribution is -0.0518. The van der Waals surface area contributed by atoms with Gasteiger partial charge in [-0.2, -0.15) is 0 Å². The van der Waals surface area contributed by atoms with Crippen LogP contribution in [0.4, 0.5) is 5.82 Å². The second kappa shape index (κ2) is 5.84. The van der Waals surface area contributed by atoms with E-state index in [2.05, 4.69) is 10.3 Å². The maximum Gasteiger partial charge on any atom is 0.332 e. The van der Waals surface area contributed by atoms with Crippen molar-refractivity contribution in [3.63, 3.8) is 0 Å². The lowest BCUT2D eigenvalue weighted by atomic mass is 10.0. The molecule has 2 fully saturated rings. The molecule has 3 heterocycles. The van der Waals surface area contributed by atoms with Crippen LogP contribution in [0.25, 0.3) is 0 Å². The number of hydrogen-bond donors (Lipinski definition) is 5. The average Bonchev–Trinajstić information content (AvgIpc) is 3.28. The van der Waals surface area contributed by atoms with Gasteiger partial charge in [-0.3, -0.25) is 4.57 Å². The van der Waals surface area contributed by atoms with Crippen LogP contribution in [0.3, 0.4) is 0 Å². The molecule has 5 atom stereocenters. The third kappa shape index (κ3) is 2.56. The summed E-state index contributed by atoms with van der Waals surface area (Å²) in [4.78, 5) is 16.9. The fourth-order valence-electron chi connectivity index (χ4n) is 3.57. The molecular formula is C15H23N5O5. The first kappa shape index (κ1) is 16.6. The van der Waals surface area contributed by atoms with Crippen molar-refractivity contribution in [1.29, 1.82) is 0 Å². The number of aliphatic hydroxyl groups excluding tert-OH is 3. The largest absolute Gasteiger partial charge is 0.394 e. The summed E-state index contributed by atoms with van der Waals surface area (Å²) in [6.07, 6.45) is -1.71. The Morgan fingerprint density at radius 2 is 2.12 bits per heavy atom. The molecule has 0 amide bonds. The van der Waals surface area contributed by atoms with Crippen molar-refractivity contribution < 1.29 is 20.1 Å². The van der Waals surface area contributed by atoms with Crippen LogP contribution in [0.1, 0.15) is 37.9 Å². The minimum Gasteiger partial charge on any atom is -0.394 e. The maximum absolute atomic E-state index is 13.0. The van der Waals surface area contributed by atoms with Crippen LogP contribution < -0.4 is 16.7 Å². The Labute approximate surface area is 143 Å². The molecule has 138 valence electrons. The number of aliphatic imine (C=N–C) groups is 1. The van der Waals surface area contributed by atoms with Crippen LogP contribution in [0.2, 0.25) is 0 Å². The highest BCUT2D eigenvalue weighted by Crippen LogP contribution is 2.39. The van der Waals surface area contributed by atoms with Gasteiger partial charge < -0.3 is 31.1 Å². The molecular weight excluding hydrogens is 330 g/mol. The Morgan fingerprint density at radius 1 is 1.40 bits per heavy atom. The van der Waals surface area contributed by atoms with Gasteiger partial charge in [-0.05, 0) is 18.8 Å². The number of nitrogens with zero attached hydrogens (tertiary/aromatic N) is 3. The summed E-state index contributed by atoms with van der Waals surface area (Å²) in [6, 6.07) is 0. The first-order chi connectivity index (χ1) is 11.9.